The first-order valence-corrected chi connectivity index (χ1v) is 10.2. The van der Waals surface area contributed by atoms with E-state index in [-0.39, 0.29) is 23.6 Å². The third-order valence-electron chi connectivity index (χ3n) is 5.01. The average Bonchev–Trinajstić information content (AvgIpc) is 3.15. The molecule has 180 valence electrons. The molecule has 1 amide bonds. The van der Waals surface area contributed by atoms with Crippen LogP contribution in [0.15, 0.2) is 77.4 Å². The molecule has 0 bridgehead atoms. The lowest BCUT2D eigenvalue weighted by molar-refractivity contribution is -0.114. The summed E-state index contributed by atoms with van der Waals surface area (Å²) < 4.78 is 78.7. The van der Waals surface area contributed by atoms with Crippen molar-refractivity contribution in [2.75, 3.05) is 12.1 Å². The maximum absolute atomic E-state index is 13.7. The fraction of sp³-hybridized carbons (Fsp3) is 0.120. The molecule has 0 fully saturated rings. The van der Waals surface area contributed by atoms with Gasteiger partial charge in [0.1, 0.15) is 18.2 Å². The van der Waals surface area contributed by atoms with Crippen LogP contribution >= 0.6 is 0 Å². The van der Waals surface area contributed by atoms with Gasteiger partial charge in [-0.1, -0.05) is 24.3 Å². The molecule has 5 nitrogen and oxygen atoms in total. The summed E-state index contributed by atoms with van der Waals surface area (Å²) in [6.07, 6.45) is -3.91. The second kappa shape index (κ2) is 9.57. The number of halogens is 5. The first-order chi connectivity index (χ1) is 16.7. The lowest BCUT2D eigenvalue weighted by Gasteiger charge is -2.13. The highest BCUT2D eigenvalue weighted by molar-refractivity contribution is 6.34. The Kier molecular flexibility index (Phi) is 6.54. The molecule has 0 atom stereocenters. The van der Waals surface area contributed by atoms with E-state index in [0.29, 0.717) is 16.3 Å². The highest BCUT2D eigenvalue weighted by Gasteiger charge is 2.46. The lowest BCUT2D eigenvalue weighted by Crippen LogP contribution is -2.25. The summed E-state index contributed by atoms with van der Waals surface area (Å²) >= 11 is 0. The van der Waals surface area contributed by atoms with E-state index in [2.05, 4.69) is 5.10 Å². The van der Waals surface area contributed by atoms with Crippen molar-refractivity contribution in [1.29, 1.82) is 0 Å². The zero-order valence-electron chi connectivity index (χ0n) is 18.1. The molecule has 0 spiro atoms. The van der Waals surface area contributed by atoms with Gasteiger partial charge in [-0.05, 0) is 59.7 Å². The van der Waals surface area contributed by atoms with E-state index in [1.807, 2.05) is 0 Å². The van der Waals surface area contributed by atoms with Crippen LogP contribution in [0.2, 0.25) is 0 Å². The van der Waals surface area contributed by atoms with Gasteiger partial charge >= 0.3 is 6.18 Å². The predicted octanol–water partition coefficient (Wildman–Crippen LogP) is 5.90. The molecular formula is C25H17F5N2O3. The Morgan fingerprint density at radius 1 is 0.943 bits per heavy atom. The fourth-order valence-corrected chi connectivity index (χ4v) is 3.34. The van der Waals surface area contributed by atoms with Crippen molar-refractivity contribution in [3.05, 3.63) is 95.1 Å². The fourth-order valence-electron chi connectivity index (χ4n) is 3.34. The van der Waals surface area contributed by atoms with Crippen molar-refractivity contribution < 1.29 is 36.2 Å². The summed E-state index contributed by atoms with van der Waals surface area (Å²) in [5.41, 5.74) is -1.40. The minimum atomic E-state index is -4.93. The molecule has 0 aromatic heterocycles. The van der Waals surface area contributed by atoms with Gasteiger partial charge in [0, 0.05) is 0 Å². The van der Waals surface area contributed by atoms with Gasteiger partial charge in [-0.25, -0.2) is 8.78 Å². The Bertz CT molecular complexity index is 1320. The van der Waals surface area contributed by atoms with Gasteiger partial charge in [-0.15, -0.1) is 0 Å². The van der Waals surface area contributed by atoms with Gasteiger partial charge in [0.05, 0.1) is 18.4 Å². The number of benzene rings is 3. The molecule has 1 aliphatic heterocycles. The molecule has 10 heteroatoms. The third kappa shape index (κ3) is 5.32. The Morgan fingerprint density at radius 3 is 2.34 bits per heavy atom. The minimum absolute atomic E-state index is 0.0399. The van der Waals surface area contributed by atoms with Crippen molar-refractivity contribution in [1.82, 2.24) is 0 Å². The summed E-state index contributed by atoms with van der Waals surface area (Å²) in [6.45, 7) is 0.0399. The highest BCUT2D eigenvalue weighted by atomic mass is 19.4. The van der Waals surface area contributed by atoms with Crippen LogP contribution in [0.5, 0.6) is 11.5 Å². The quantitative estimate of drug-likeness (QED) is 0.321. The standard InChI is InChI=1S/C25H17F5N2O3/c1-34-21-10-7-16(12-22(21)35-14-15-5-8-17(26)9-6-15)11-20-23(25(28,29)30)31-32(24(20)33)19-4-2-3-18(27)13-19/h2-13H,14H2,1H3/b20-11-. The number of ether oxygens (including phenoxy) is 2. The number of rotatable bonds is 6. The number of nitrogens with zero attached hydrogens (tertiary/aromatic N) is 2. The minimum Gasteiger partial charge on any atom is -0.493 e. The number of hydrogen-bond donors (Lipinski definition) is 0. The zero-order chi connectivity index (χ0) is 25.2. The van der Waals surface area contributed by atoms with Crippen LogP contribution in [-0.4, -0.2) is 24.9 Å². The van der Waals surface area contributed by atoms with Crippen molar-refractivity contribution in [2.45, 2.75) is 12.8 Å². The van der Waals surface area contributed by atoms with Crippen LogP contribution in [0.4, 0.5) is 27.6 Å². The summed E-state index contributed by atoms with van der Waals surface area (Å²) in [4.78, 5) is 12.9. The number of hydrogen-bond acceptors (Lipinski definition) is 4. The van der Waals surface area contributed by atoms with Gasteiger partial charge < -0.3 is 9.47 Å². The summed E-state index contributed by atoms with van der Waals surface area (Å²) in [7, 11) is 1.39. The molecular weight excluding hydrogens is 471 g/mol. The molecule has 3 aromatic rings. The average molecular weight is 488 g/mol. The zero-order valence-corrected chi connectivity index (χ0v) is 18.1. The number of amides is 1. The summed E-state index contributed by atoms with van der Waals surface area (Å²) in [6, 6.07) is 14.5. The molecule has 1 aliphatic rings. The van der Waals surface area contributed by atoms with Crippen LogP contribution in [0, 0.1) is 11.6 Å². The van der Waals surface area contributed by atoms with Crippen LogP contribution in [0.1, 0.15) is 11.1 Å². The maximum Gasteiger partial charge on any atom is 0.435 e. The van der Waals surface area contributed by atoms with Gasteiger partial charge in [-0.2, -0.15) is 23.3 Å². The molecule has 4 rings (SSSR count). The second-order valence-corrected chi connectivity index (χ2v) is 7.43. The van der Waals surface area contributed by atoms with Gasteiger partial charge in [0.15, 0.2) is 17.2 Å². The number of carbonyl (C=O) groups is 1. The van der Waals surface area contributed by atoms with E-state index in [1.165, 1.54) is 61.7 Å². The lowest BCUT2D eigenvalue weighted by atomic mass is 10.1. The number of carbonyl (C=O) groups excluding carboxylic acids is 1. The molecule has 0 aliphatic carbocycles. The molecule has 0 saturated carbocycles. The molecule has 1 heterocycles. The highest BCUT2D eigenvalue weighted by Crippen LogP contribution is 2.34. The van der Waals surface area contributed by atoms with Crippen LogP contribution in [-0.2, 0) is 11.4 Å². The van der Waals surface area contributed by atoms with E-state index >= 15 is 0 Å². The van der Waals surface area contributed by atoms with E-state index in [4.69, 9.17) is 9.47 Å². The first kappa shape index (κ1) is 23.9. The second-order valence-electron chi connectivity index (χ2n) is 7.43. The predicted molar refractivity (Wildman–Crippen MR) is 119 cm³/mol. The number of methoxy groups -OCH3 is 1. The van der Waals surface area contributed by atoms with Crippen LogP contribution in [0.3, 0.4) is 0 Å². The number of alkyl halides is 3. The Balaban J connectivity index is 1.67. The number of hydrazone groups is 1. The molecule has 3 aromatic carbocycles. The SMILES string of the molecule is COc1ccc(/C=C2\C(=O)N(c3cccc(F)c3)N=C2C(F)(F)F)cc1OCc1ccc(F)cc1. The third-order valence-corrected chi connectivity index (χ3v) is 5.01. The first-order valence-electron chi connectivity index (χ1n) is 10.2. The van der Waals surface area contributed by atoms with E-state index in [9.17, 15) is 26.7 Å². The smallest absolute Gasteiger partial charge is 0.435 e. The van der Waals surface area contributed by atoms with Gasteiger partial charge in [0.25, 0.3) is 5.91 Å². The largest absolute Gasteiger partial charge is 0.493 e. The molecule has 0 saturated heterocycles. The van der Waals surface area contributed by atoms with Gasteiger partial charge in [-0.3, -0.25) is 4.79 Å². The molecule has 0 N–H and O–H groups in total. The Morgan fingerprint density at radius 2 is 1.69 bits per heavy atom. The van der Waals surface area contributed by atoms with Crippen LogP contribution < -0.4 is 14.5 Å². The van der Waals surface area contributed by atoms with Crippen molar-refractivity contribution in [2.24, 2.45) is 5.10 Å². The Hall–Kier alpha value is -4.21. The van der Waals surface area contributed by atoms with E-state index in [0.717, 1.165) is 18.2 Å². The molecule has 35 heavy (non-hydrogen) atoms. The summed E-state index contributed by atoms with van der Waals surface area (Å²) in [5, 5.41) is 3.93. The summed E-state index contributed by atoms with van der Waals surface area (Å²) in [5.74, 6) is -1.69. The topological polar surface area (TPSA) is 51.1 Å². The van der Waals surface area contributed by atoms with E-state index in [1.54, 1.807) is 0 Å². The van der Waals surface area contributed by atoms with Gasteiger partial charge in [0.2, 0.25) is 0 Å². The molecule has 0 unspecified atom stereocenters. The monoisotopic (exact) mass is 488 g/mol. The van der Waals surface area contributed by atoms with Crippen molar-refractivity contribution >= 4 is 23.4 Å². The Labute approximate surface area is 196 Å². The van der Waals surface area contributed by atoms with Crippen LogP contribution in [0.25, 0.3) is 6.08 Å². The maximum atomic E-state index is 13.7. The van der Waals surface area contributed by atoms with Crippen molar-refractivity contribution in [3.8, 4) is 11.5 Å². The normalized spacial score (nSPS) is 14.9. The molecule has 0 radical (unpaired) electrons. The number of anilines is 1. The van der Waals surface area contributed by atoms with Crippen molar-refractivity contribution in [3.63, 3.8) is 0 Å². The van der Waals surface area contributed by atoms with E-state index < -0.39 is 35.0 Å².